The summed E-state index contributed by atoms with van der Waals surface area (Å²) in [4.78, 5) is 12.9. The van der Waals surface area contributed by atoms with Crippen molar-refractivity contribution in [2.24, 2.45) is 0 Å². The summed E-state index contributed by atoms with van der Waals surface area (Å²) in [5.41, 5.74) is -1.78. The first kappa shape index (κ1) is 13.7. The number of halogens is 3. The van der Waals surface area contributed by atoms with Crippen LogP contribution in [-0.4, -0.2) is 39.7 Å². The van der Waals surface area contributed by atoms with Crippen molar-refractivity contribution < 1.29 is 28.2 Å². The van der Waals surface area contributed by atoms with E-state index in [2.05, 4.69) is 0 Å². The molecule has 0 radical (unpaired) electrons. The van der Waals surface area contributed by atoms with Crippen LogP contribution < -0.4 is 0 Å². The molecule has 0 spiro atoms. The van der Waals surface area contributed by atoms with Gasteiger partial charge in [-0.1, -0.05) is 6.92 Å². The molecule has 2 rings (SSSR count). The molecule has 0 saturated carbocycles. The van der Waals surface area contributed by atoms with Gasteiger partial charge in [0.25, 0.3) is 5.91 Å². The minimum Gasteiger partial charge on any atom is -0.503 e. The van der Waals surface area contributed by atoms with E-state index in [-0.39, 0.29) is 13.1 Å². The maximum Gasteiger partial charge on any atom is 0.257 e. The number of nitrogens with zero attached hydrogens (tertiary/aromatic N) is 1. The van der Waals surface area contributed by atoms with Gasteiger partial charge in [-0.3, -0.25) is 4.79 Å². The van der Waals surface area contributed by atoms with E-state index in [0.717, 1.165) is 4.90 Å². The SMILES string of the molecule is CCC1(O)CN(C(=O)c2cc(F)c(F)c(O)c2F)C1. The van der Waals surface area contributed by atoms with Gasteiger partial charge < -0.3 is 15.1 Å². The minimum atomic E-state index is -1.73. The number of hydrogen-bond acceptors (Lipinski definition) is 3. The van der Waals surface area contributed by atoms with Gasteiger partial charge in [0.2, 0.25) is 5.82 Å². The first-order chi connectivity index (χ1) is 8.79. The summed E-state index contributed by atoms with van der Waals surface area (Å²) in [7, 11) is 0. The highest BCUT2D eigenvalue weighted by Gasteiger charge is 2.43. The molecular formula is C12H12F3NO3. The summed E-state index contributed by atoms with van der Waals surface area (Å²) in [5.74, 6) is -7.16. The quantitative estimate of drug-likeness (QED) is 0.802. The molecule has 2 N–H and O–H groups in total. The van der Waals surface area contributed by atoms with Crippen molar-refractivity contribution in [1.82, 2.24) is 4.90 Å². The highest BCUT2D eigenvalue weighted by molar-refractivity contribution is 5.95. The lowest BCUT2D eigenvalue weighted by molar-refractivity contribution is -0.0828. The van der Waals surface area contributed by atoms with E-state index in [0.29, 0.717) is 12.5 Å². The standard InChI is InChI=1S/C12H12F3NO3/c1-2-12(19)4-16(5-12)11(18)6-3-7(13)9(15)10(17)8(6)14/h3,17,19H,2,4-5H2,1H3. The number of phenols is 1. The van der Waals surface area contributed by atoms with Crippen LogP contribution in [0.4, 0.5) is 13.2 Å². The summed E-state index contributed by atoms with van der Waals surface area (Å²) in [6.07, 6.45) is 0.419. The predicted molar refractivity (Wildman–Crippen MR) is 59.1 cm³/mol. The Labute approximate surface area is 107 Å². The van der Waals surface area contributed by atoms with Gasteiger partial charge in [0, 0.05) is 0 Å². The normalized spacial score (nSPS) is 17.2. The van der Waals surface area contributed by atoms with E-state index in [4.69, 9.17) is 5.11 Å². The Morgan fingerprint density at radius 3 is 2.47 bits per heavy atom. The number of likely N-dealkylation sites (tertiary alicyclic amines) is 1. The number of amides is 1. The minimum absolute atomic E-state index is 0.0124. The number of phenolic OH excluding ortho intramolecular Hbond substituents is 1. The fourth-order valence-corrected chi connectivity index (χ4v) is 1.95. The molecule has 1 saturated heterocycles. The molecule has 0 atom stereocenters. The molecular weight excluding hydrogens is 263 g/mol. The summed E-state index contributed by atoms with van der Waals surface area (Å²) >= 11 is 0. The molecule has 0 bridgehead atoms. The van der Waals surface area contributed by atoms with Crippen LogP contribution in [0.3, 0.4) is 0 Å². The lowest BCUT2D eigenvalue weighted by Crippen LogP contribution is -2.63. The number of hydrogen-bond donors (Lipinski definition) is 2. The summed E-state index contributed by atoms with van der Waals surface area (Å²) in [6.45, 7) is 1.70. The van der Waals surface area contributed by atoms with Gasteiger partial charge in [0.05, 0.1) is 24.3 Å². The fourth-order valence-electron chi connectivity index (χ4n) is 1.95. The third-order valence-electron chi connectivity index (χ3n) is 3.28. The molecule has 19 heavy (non-hydrogen) atoms. The van der Waals surface area contributed by atoms with Crippen molar-refractivity contribution in [2.45, 2.75) is 18.9 Å². The number of aliphatic hydroxyl groups is 1. The number of carbonyl (C=O) groups is 1. The first-order valence-corrected chi connectivity index (χ1v) is 5.67. The van der Waals surface area contributed by atoms with Gasteiger partial charge in [-0.15, -0.1) is 0 Å². The highest BCUT2D eigenvalue weighted by Crippen LogP contribution is 2.30. The topological polar surface area (TPSA) is 60.8 Å². The van der Waals surface area contributed by atoms with Crippen LogP contribution in [0.5, 0.6) is 5.75 Å². The summed E-state index contributed by atoms with van der Waals surface area (Å²) < 4.78 is 39.5. The molecule has 1 aliphatic rings. The van der Waals surface area contributed by atoms with E-state index < -0.39 is 40.3 Å². The lowest BCUT2D eigenvalue weighted by Gasteiger charge is -2.46. The van der Waals surface area contributed by atoms with E-state index in [9.17, 15) is 23.1 Å². The van der Waals surface area contributed by atoms with Crippen LogP contribution >= 0.6 is 0 Å². The van der Waals surface area contributed by atoms with Crippen LogP contribution in [0.15, 0.2) is 6.07 Å². The zero-order valence-corrected chi connectivity index (χ0v) is 10.1. The van der Waals surface area contributed by atoms with Gasteiger partial charge >= 0.3 is 0 Å². The fraction of sp³-hybridized carbons (Fsp3) is 0.417. The molecule has 1 aromatic carbocycles. The van der Waals surface area contributed by atoms with Crippen LogP contribution in [-0.2, 0) is 0 Å². The van der Waals surface area contributed by atoms with Crippen LogP contribution in [0.1, 0.15) is 23.7 Å². The zero-order chi connectivity index (χ0) is 14.4. The second kappa shape index (κ2) is 4.41. The molecule has 0 aliphatic carbocycles. The van der Waals surface area contributed by atoms with E-state index >= 15 is 0 Å². The molecule has 1 fully saturated rings. The lowest BCUT2D eigenvalue weighted by atomic mass is 9.90. The van der Waals surface area contributed by atoms with Crippen LogP contribution in [0.2, 0.25) is 0 Å². The molecule has 7 heteroatoms. The first-order valence-electron chi connectivity index (χ1n) is 5.67. The van der Waals surface area contributed by atoms with Crippen LogP contribution in [0, 0.1) is 17.5 Å². The van der Waals surface area contributed by atoms with Gasteiger partial charge in [0.15, 0.2) is 17.4 Å². The molecule has 1 aromatic rings. The van der Waals surface area contributed by atoms with Gasteiger partial charge in [-0.25, -0.2) is 8.78 Å². The Bertz CT molecular complexity index is 542. The Hall–Kier alpha value is -1.76. The molecule has 0 aromatic heterocycles. The average Bonchev–Trinajstić information content (AvgIpc) is 2.36. The maximum atomic E-state index is 13.5. The molecule has 1 amide bonds. The monoisotopic (exact) mass is 275 g/mol. The number of rotatable bonds is 2. The van der Waals surface area contributed by atoms with Crippen molar-refractivity contribution in [3.63, 3.8) is 0 Å². The largest absolute Gasteiger partial charge is 0.503 e. The zero-order valence-electron chi connectivity index (χ0n) is 10.1. The van der Waals surface area contributed by atoms with Gasteiger partial charge in [0.1, 0.15) is 0 Å². The van der Waals surface area contributed by atoms with Crippen molar-refractivity contribution in [3.05, 3.63) is 29.1 Å². The predicted octanol–water partition coefficient (Wildman–Crippen LogP) is 1.41. The number of benzene rings is 1. The van der Waals surface area contributed by atoms with Crippen molar-refractivity contribution in [1.29, 1.82) is 0 Å². The third-order valence-corrected chi connectivity index (χ3v) is 3.28. The molecule has 104 valence electrons. The second-order valence-corrected chi connectivity index (χ2v) is 4.62. The smallest absolute Gasteiger partial charge is 0.257 e. The van der Waals surface area contributed by atoms with E-state index in [1.54, 1.807) is 6.92 Å². The molecule has 4 nitrogen and oxygen atoms in total. The van der Waals surface area contributed by atoms with Gasteiger partial charge in [-0.05, 0) is 12.5 Å². The molecule has 1 aliphatic heterocycles. The van der Waals surface area contributed by atoms with E-state index in [1.807, 2.05) is 0 Å². The van der Waals surface area contributed by atoms with Crippen molar-refractivity contribution in [3.8, 4) is 5.75 Å². The molecule has 0 unspecified atom stereocenters. The summed E-state index contributed by atoms with van der Waals surface area (Å²) in [6, 6.07) is 0.399. The highest BCUT2D eigenvalue weighted by atomic mass is 19.2. The second-order valence-electron chi connectivity index (χ2n) is 4.62. The van der Waals surface area contributed by atoms with Crippen LogP contribution in [0.25, 0.3) is 0 Å². The number of β-amino-alcohol motifs (C(OH)–C–C–N with tert-alkyl or cyclic N) is 1. The average molecular weight is 275 g/mol. The Morgan fingerprint density at radius 2 is 1.95 bits per heavy atom. The van der Waals surface area contributed by atoms with Crippen molar-refractivity contribution >= 4 is 5.91 Å². The summed E-state index contributed by atoms with van der Waals surface area (Å²) in [5, 5.41) is 18.8. The maximum absolute atomic E-state index is 13.5. The molecule has 1 heterocycles. The van der Waals surface area contributed by atoms with Gasteiger partial charge in [-0.2, -0.15) is 4.39 Å². The third kappa shape index (κ3) is 2.14. The Kier molecular flexibility index (Phi) is 3.17. The Morgan fingerprint density at radius 1 is 1.37 bits per heavy atom. The van der Waals surface area contributed by atoms with Crippen molar-refractivity contribution in [2.75, 3.05) is 13.1 Å². The number of carbonyl (C=O) groups excluding carboxylic acids is 1. The Balaban J connectivity index is 2.27. The van der Waals surface area contributed by atoms with E-state index in [1.165, 1.54) is 0 Å². The number of aromatic hydroxyl groups is 1.